The molecule has 2 atom stereocenters. The van der Waals surface area contributed by atoms with Gasteiger partial charge in [0, 0.05) is 25.6 Å². The standard InChI is InChI=1S/C10H20N2O/c1-8-3-4-10(13)12(6-5-8)7-9(2)11/h8-9H,3-7,11H2,1-2H3. The summed E-state index contributed by atoms with van der Waals surface area (Å²) >= 11 is 0. The Morgan fingerprint density at radius 1 is 1.62 bits per heavy atom. The van der Waals surface area contributed by atoms with Crippen molar-refractivity contribution in [3.05, 3.63) is 0 Å². The second-order valence-electron chi connectivity index (χ2n) is 4.25. The van der Waals surface area contributed by atoms with Crippen molar-refractivity contribution in [1.82, 2.24) is 4.90 Å². The summed E-state index contributed by atoms with van der Waals surface area (Å²) in [4.78, 5) is 13.5. The van der Waals surface area contributed by atoms with E-state index in [0.29, 0.717) is 18.9 Å². The van der Waals surface area contributed by atoms with E-state index in [1.165, 1.54) is 0 Å². The van der Waals surface area contributed by atoms with Crippen LogP contribution < -0.4 is 5.73 Å². The van der Waals surface area contributed by atoms with Gasteiger partial charge in [-0.15, -0.1) is 0 Å². The fourth-order valence-corrected chi connectivity index (χ4v) is 1.71. The quantitative estimate of drug-likeness (QED) is 0.695. The van der Waals surface area contributed by atoms with Crippen LogP contribution in [0.1, 0.15) is 33.1 Å². The average molecular weight is 184 g/mol. The number of nitrogens with zero attached hydrogens (tertiary/aromatic N) is 1. The molecule has 0 spiro atoms. The molecule has 1 saturated heterocycles. The van der Waals surface area contributed by atoms with E-state index >= 15 is 0 Å². The summed E-state index contributed by atoms with van der Waals surface area (Å²) in [7, 11) is 0. The molecular formula is C10H20N2O. The SMILES string of the molecule is CC(N)CN1CCC(C)CCC1=O. The lowest BCUT2D eigenvalue weighted by Gasteiger charge is -2.22. The molecule has 0 aromatic carbocycles. The first-order valence-corrected chi connectivity index (χ1v) is 5.13. The monoisotopic (exact) mass is 184 g/mol. The van der Waals surface area contributed by atoms with E-state index in [1.807, 2.05) is 11.8 Å². The second kappa shape index (κ2) is 4.61. The lowest BCUT2D eigenvalue weighted by molar-refractivity contribution is -0.130. The van der Waals surface area contributed by atoms with Crippen LogP contribution in [0.15, 0.2) is 0 Å². The van der Waals surface area contributed by atoms with Gasteiger partial charge in [-0.25, -0.2) is 0 Å². The zero-order valence-electron chi connectivity index (χ0n) is 8.62. The summed E-state index contributed by atoms with van der Waals surface area (Å²) < 4.78 is 0. The third-order valence-electron chi connectivity index (χ3n) is 2.60. The maximum Gasteiger partial charge on any atom is 0.222 e. The van der Waals surface area contributed by atoms with Crippen LogP contribution in [0.4, 0.5) is 0 Å². The molecule has 0 aromatic heterocycles. The molecule has 0 saturated carbocycles. The highest BCUT2D eigenvalue weighted by Crippen LogP contribution is 2.17. The summed E-state index contributed by atoms with van der Waals surface area (Å²) in [5.74, 6) is 0.962. The van der Waals surface area contributed by atoms with Crippen LogP contribution in [-0.2, 0) is 4.79 Å². The predicted molar refractivity (Wildman–Crippen MR) is 53.2 cm³/mol. The molecule has 2 N–H and O–H groups in total. The van der Waals surface area contributed by atoms with Gasteiger partial charge in [-0.05, 0) is 25.7 Å². The fraction of sp³-hybridized carbons (Fsp3) is 0.900. The van der Waals surface area contributed by atoms with Gasteiger partial charge in [-0.3, -0.25) is 4.79 Å². The summed E-state index contributed by atoms with van der Waals surface area (Å²) in [6.45, 7) is 5.76. The Kier molecular flexibility index (Phi) is 3.72. The number of hydrogen-bond donors (Lipinski definition) is 1. The molecule has 2 unspecified atom stereocenters. The molecule has 0 aromatic rings. The molecule has 3 heteroatoms. The van der Waals surface area contributed by atoms with Crippen LogP contribution in [0.5, 0.6) is 0 Å². The first-order valence-electron chi connectivity index (χ1n) is 5.13. The summed E-state index contributed by atoms with van der Waals surface area (Å²) in [5.41, 5.74) is 5.68. The maximum absolute atomic E-state index is 11.6. The van der Waals surface area contributed by atoms with Crippen molar-refractivity contribution >= 4 is 5.91 Å². The Morgan fingerprint density at radius 3 is 2.92 bits per heavy atom. The van der Waals surface area contributed by atoms with Gasteiger partial charge in [-0.1, -0.05) is 6.92 Å². The highest BCUT2D eigenvalue weighted by Gasteiger charge is 2.20. The fourth-order valence-electron chi connectivity index (χ4n) is 1.71. The highest BCUT2D eigenvalue weighted by atomic mass is 16.2. The Hall–Kier alpha value is -0.570. The van der Waals surface area contributed by atoms with Crippen molar-refractivity contribution in [2.45, 2.75) is 39.2 Å². The van der Waals surface area contributed by atoms with Crippen molar-refractivity contribution in [2.24, 2.45) is 11.7 Å². The van der Waals surface area contributed by atoms with E-state index in [0.717, 1.165) is 19.4 Å². The van der Waals surface area contributed by atoms with Crippen LogP contribution in [0.2, 0.25) is 0 Å². The van der Waals surface area contributed by atoms with E-state index in [4.69, 9.17) is 5.73 Å². The van der Waals surface area contributed by atoms with Gasteiger partial charge in [-0.2, -0.15) is 0 Å². The number of likely N-dealkylation sites (tertiary alicyclic amines) is 1. The van der Waals surface area contributed by atoms with Gasteiger partial charge in [0.1, 0.15) is 0 Å². The highest BCUT2D eigenvalue weighted by molar-refractivity contribution is 5.76. The number of amides is 1. The zero-order chi connectivity index (χ0) is 9.84. The van der Waals surface area contributed by atoms with Crippen LogP contribution in [0, 0.1) is 5.92 Å². The molecule has 1 heterocycles. The molecule has 1 aliphatic rings. The molecule has 0 aliphatic carbocycles. The number of carbonyl (C=O) groups excluding carboxylic acids is 1. The van der Waals surface area contributed by atoms with Crippen molar-refractivity contribution in [3.8, 4) is 0 Å². The minimum Gasteiger partial charge on any atom is -0.341 e. The Labute approximate surface area is 80.3 Å². The van der Waals surface area contributed by atoms with Gasteiger partial charge < -0.3 is 10.6 Å². The summed E-state index contributed by atoms with van der Waals surface area (Å²) in [6.07, 6.45) is 2.86. The van der Waals surface area contributed by atoms with Gasteiger partial charge in [0.25, 0.3) is 0 Å². The average Bonchev–Trinajstić information content (AvgIpc) is 2.19. The number of rotatable bonds is 2. The molecule has 0 bridgehead atoms. The van der Waals surface area contributed by atoms with Crippen LogP contribution in [-0.4, -0.2) is 29.9 Å². The van der Waals surface area contributed by atoms with Gasteiger partial charge >= 0.3 is 0 Å². The Bertz CT molecular complexity index is 180. The van der Waals surface area contributed by atoms with E-state index in [2.05, 4.69) is 6.92 Å². The zero-order valence-corrected chi connectivity index (χ0v) is 8.62. The Morgan fingerprint density at radius 2 is 2.31 bits per heavy atom. The van der Waals surface area contributed by atoms with Crippen LogP contribution in [0.3, 0.4) is 0 Å². The molecule has 13 heavy (non-hydrogen) atoms. The predicted octanol–water partition coefficient (Wildman–Crippen LogP) is 0.982. The minimum absolute atomic E-state index is 0.0948. The van der Waals surface area contributed by atoms with Crippen molar-refractivity contribution in [2.75, 3.05) is 13.1 Å². The van der Waals surface area contributed by atoms with E-state index in [-0.39, 0.29) is 11.9 Å². The number of hydrogen-bond acceptors (Lipinski definition) is 2. The maximum atomic E-state index is 11.6. The molecule has 1 fully saturated rings. The molecule has 1 aliphatic heterocycles. The van der Waals surface area contributed by atoms with E-state index in [9.17, 15) is 4.79 Å². The molecule has 1 rings (SSSR count). The lowest BCUT2D eigenvalue weighted by atomic mass is 10.0. The van der Waals surface area contributed by atoms with E-state index in [1.54, 1.807) is 0 Å². The third kappa shape index (κ3) is 3.35. The third-order valence-corrected chi connectivity index (χ3v) is 2.60. The second-order valence-corrected chi connectivity index (χ2v) is 4.25. The normalized spacial score (nSPS) is 27.2. The molecule has 0 radical (unpaired) electrons. The molecule has 76 valence electrons. The smallest absolute Gasteiger partial charge is 0.222 e. The Balaban J connectivity index is 2.47. The van der Waals surface area contributed by atoms with E-state index < -0.39 is 0 Å². The van der Waals surface area contributed by atoms with Crippen LogP contribution in [0.25, 0.3) is 0 Å². The van der Waals surface area contributed by atoms with Crippen molar-refractivity contribution in [1.29, 1.82) is 0 Å². The summed E-state index contributed by atoms with van der Waals surface area (Å²) in [6, 6.07) is 0.0948. The largest absolute Gasteiger partial charge is 0.341 e. The summed E-state index contributed by atoms with van der Waals surface area (Å²) in [5, 5.41) is 0. The van der Waals surface area contributed by atoms with Crippen molar-refractivity contribution < 1.29 is 4.79 Å². The minimum atomic E-state index is 0.0948. The van der Waals surface area contributed by atoms with Gasteiger partial charge in [0.2, 0.25) is 5.91 Å². The molecular weight excluding hydrogens is 164 g/mol. The lowest BCUT2D eigenvalue weighted by Crippen LogP contribution is -2.39. The van der Waals surface area contributed by atoms with Gasteiger partial charge in [0.05, 0.1) is 0 Å². The molecule has 3 nitrogen and oxygen atoms in total. The van der Waals surface area contributed by atoms with Crippen molar-refractivity contribution in [3.63, 3.8) is 0 Å². The first-order chi connectivity index (χ1) is 6.09. The topological polar surface area (TPSA) is 46.3 Å². The number of nitrogens with two attached hydrogens (primary N) is 1. The van der Waals surface area contributed by atoms with Crippen LogP contribution >= 0.6 is 0 Å². The van der Waals surface area contributed by atoms with Gasteiger partial charge in [0.15, 0.2) is 0 Å². The number of carbonyl (C=O) groups is 1. The molecule has 1 amide bonds. The first kappa shape index (κ1) is 10.5.